The van der Waals surface area contributed by atoms with Gasteiger partial charge in [-0.1, -0.05) is 0 Å². The van der Waals surface area contributed by atoms with Gasteiger partial charge < -0.3 is 0 Å². The van der Waals surface area contributed by atoms with Gasteiger partial charge in [-0.15, -0.1) is 0 Å². The van der Waals surface area contributed by atoms with Gasteiger partial charge in [-0.25, -0.2) is 0 Å². The molecule has 0 aliphatic rings. The molecule has 0 unspecified atom stereocenters. The molecule has 0 bridgehead atoms. The van der Waals surface area contributed by atoms with E-state index in [-0.39, 0.29) is 6.07 Å². The molecule has 0 aromatic heterocycles. The Morgan fingerprint density at radius 2 is 0.544 bits per heavy atom. The molecule has 0 atom stereocenters. The normalized spacial score (nSPS) is 13.1. The van der Waals surface area contributed by atoms with Crippen LogP contribution >= 0.6 is 13.7 Å². The third-order valence-corrected chi connectivity index (χ3v) is 28.6. The van der Waals surface area contributed by atoms with Crippen LogP contribution in [0.1, 0.15) is 31.8 Å². The second-order valence-electron chi connectivity index (χ2n) is 22.3. The fraction of sp³-hybridized carbons (Fsp3) is 0.0526. The molecule has 0 N–H and O–H groups in total. The predicted molar refractivity (Wildman–Crippen MR) is 357 cm³/mol. The third kappa shape index (κ3) is 10.2. The van der Waals surface area contributed by atoms with E-state index in [4.69, 9.17) is 13.5 Å². The minimum absolute atomic E-state index is 0.0275. The van der Waals surface area contributed by atoms with Gasteiger partial charge in [-0.2, -0.15) is 0 Å². The van der Waals surface area contributed by atoms with Crippen LogP contribution in [0.4, 0.5) is 26.3 Å². The minimum atomic E-state index is -5.51. The molecule has 90 heavy (non-hydrogen) atoms. The Balaban J connectivity index is 1.19. The van der Waals surface area contributed by atoms with Gasteiger partial charge >= 0.3 is 519 Å². The number of alkyl halides is 6. The maximum atomic E-state index is 17.0. The molecule has 0 heterocycles. The molecule has 0 aliphatic carbocycles. The van der Waals surface area contributed by atoms with Crippen LogP contribution in [0, 0.1) is 0 Å². The first kappa shape index (κ1) is 59.4. The van der Waals surface area contributed by atoms with Gasteiger partial charge in [0, 0.05) is 0 Å². The van der Waals surface area contributed by atoms with Gasteiger partial charge in [0.2, 0.25) is 0 Å². The molecule has 13 aromatic rings. The average molecular weight is 1240 g/mol. The Morgan fingerprint density at radius 1 is 0.311 bits per heavy atom. The van der Waals surface area contributed by atoms with Crippen molar-refractivity contribution >= 4 is 107 Å². The van der Waals surface area contributed by atoms with Gasteiger partial charge in [0.15, 0.2) is 0 Å². The van der Waals surface area contributed by atoms with Crippen LogP contribution in [0.15, 0.2) is 309 Å². The van der Waals surface area contributed by atoms with Gasteiger partial charge in [0.05, 0.1) is 0 Å². The topological polar surface area (TPSA) is 61.8 Å². The Hall–Kier alpha value is -9.54. The maximum absolute atomic E-state index is 17.0. The van der Waals surface area contributed by atoms with Crippen molar-refractivity contribution in [3.05, 3.63) is 332 Å². The van der Waals surface area contributed by atoms with Crippen molar-refractivity contribution in [1.82, 2.24) is 0 Å². The van der Waals surface area contributed by atoms with E-state index in [9.17, 15) is 0 Å². The molecule has 0 saturated carbocycles. The molecule has 13 aromatic carbocycles. The summed E-state index contributed by atoms with van der Waals surface area (Å²) in [7, 11) is -2.44. The summed E-state index contributed by atoms with van der Waals surface area (Å²) >= 11 is 0. The number of rotatable bonds is 18. The van der Waals surface area contributed by atoms with Crippen molar-refractivity contribution in [3.63, 3.8) is 0 Å². The van der Waals surface area contributed by atoms with Crippen molar-refractivity contribution in [1.29, 1.82) is 0 Å². The van der Waals surface area contributed by atoms with Crippen LogP contribution < -0.4 is 36.5 Å². The summed E-state index contributed by atoms with van der Waals surface area (Å²) in [5.74, 6) is -1.77. The fourth-order valence-corrected chi connectivity index (χ4v) is 24.2. The second kappa shape index (κ2) is 23.4. The van der Waals surface area contributed by atoms with Crippen molar-refractivity contribution in [2.45, 2.75) is 12.4 Å². The number of benzene rings is 13. The molecule has 14 heteroatoms. The number of Topliss-reactive ketones (excluding diaryl/α,β-unsaturated/α-hetero) is 2. The molecular weight excluding hydrogens is 1180 g/mol. The van der Waals surface area contributed by atoms with Crippen molar-refractivity contribution in [2.24, 2.45) is 0 Å². The Bertz CT molecular complexity index is 4210. The molecule has 0 radical (unpaired) electrons. The number of hydrogen-bond donors (Lipinski definition) is 0. The average Bonchev–Trinajstić information content (AvgIpc) is 0.690. The zero-order valence-electron chi connectivity index (χ0n) is 48.1. The Morgan fingerprint density at radius 3 is 0.789 bits per heavy atom. The second-order valence-corrected chi connectivity index (χ2v) is 31.4. The van der Waals surface area contributed by atoms with Crippen LogP contribution in [-0.2, 0) is 21.2 Å². The number of carbonyl (C=O) groups excluding carboxylic acids is 2. The molecule has 0 aliphatic heterocycles. The van der Waals surface area contributed by atoms with Crippen LogP contribution in [0.25, 0.3) is 43.1 Å². The molecular formula is C76H55BF6O5P2. The van der Waals surface area contributed by atoms with Gasteiger partial charge in [0.1, 0.15) is 0 Å². The Kier molecular flexibility index (Phi) is 15.5. The summed E-state index contributed by atoms with van der Waals surface area (Å²) in [5.41, 5.74) is -2.64. The first-order valence-corrected chi connectivity index (χ1v) is 33.8. The van der Waals surface area contributed by atoms with E-state index in [1.807, 2.05) is 182 Å². The quantitative estimate of drug-likeness (QED) is 0.0282. The SMILES string of the molecule is O=C(CP(OB(Oc1cc(C(F)(F)F)cc(C(F)(F)F)c1)OP(CC(=O)c1c2ccccc2cc2ccccc12)(c1ccccc1)(c1ccccc1)c1ccccc1)(c1ccccc1)(c1ccccc1)c1ccccc1)c1c2ccccc2cc2ccccc12. The number of halogens is 6. The number of carbonyl (C=O) groups is 2. The molecule has 0 saturated heterocycles. The van der Waals surface area contributed by atoms with E-state index in [1.54, 1.807) is 109 Å². The van der Waals surface area contributed by atoms with E-state index in [0.717, 1.165) is 21.5 Å². The van der Waals surface area contributed by atoms with Crippen LogP contribution in [0.2, 0.25) is 0 Å². The third-order valence-electron chi connectivity index (χ3n) is 17.2. The predicted octanol–water partition coefficient (Wildman–Crippen LogP) is 17.4. The van der Waals surface area contributed by atoms with Crippen molar-refractivity contribution in [2.75, 3.05) is 12.3 Å². The van der Waals surface area contributed by atoms with E-state index in [2.05, 4.69) is 0 Å². The number of hydrogen-bond acceptors (Lipinski definition) is 5. The van der Waals surface area contributed by atoms with E-state index in [0.29, 0.717) is 76.6 Å². The molecule has 444 valence electrons. The Labute approximate surface area is 516 Å². The molecule has 13 rings (SSSR count). The molecule has 0 fully saturated rings. The molecule has 5 nitrogen and oxygen atoms in total. The van der Waals surface area contributed by atoms with Crippen LogP contribution in [-0.4, -0.2) is 31.2 Å². The zero-order chi connectivity index (χ0) is 62.2. The van der Waals surface area contributed by atoms with Crippen molar-refractivity contribution in [3.8, 4) is 5.75 Å². The zero-order valence-corrected chi connectivity index (χ0v) is 49.9. The van der Waals surface area contributed by atoms with Gasteiger partial charge in [0.25, 0.3) is 0 Å². The summed E-state index contributed by atoms with van der Waals surface area (Å²) in [6, 6.07) is 89.1. The summed E-state index contributed by atoms with van der Waals surface area (Å²) in [6.07, 6.45) is -11.7. The molecule has 0 spiro atoms. The number of fused-ring (bicyclic) bond motifs is 4. The van der Waals surface area contributed by atoms with Crippen LogP contribution in [0.3, 0.4) is 0 Å². The summed E-state index contributed by atoms with van der Waals surface area (Å²) < 4.78 is 116. The standard InChI is InChI=1S/C76H55BF6O5P2/c78-75(79,80)58-49-59(76(81,82)83)51-60(50-58)86-77(87-89(61-31-7-1-8-32-61,62-33-9-2-10-34-62,63-35-11-3-12-36-63)52-71(84)73-67-43-23-19-27-54(67)47-55-28-20-24-44-68(55)73)88-90(64-37-13-4-14-38-64,65-39-15-5-16-40-65,66-41-17-6-18-42-66)53-72(85)74-69-45-25-21-29-56(69)48-57-30-22-26-46-70(57)74/h1-51H,52-53H2. The first-order valence-electron chi connectivity index (χ1n) is 29.2. The first-order chi connectivity index (χ1) is 43.6. The van der Waals surface area contributed by atoms with Crippen molar-refractivity contribution < 1.29 is 49.5 Å². The van der Waals surface area contributed by atoms with E-state index in [1.165, 1.54) is 0 Å². The van der Waals surface area contributed by atoms with Gasteiger partial charge in [-0.3, -0.25) is 0 Å². The summed E-state index contributed by atoms with van der Waals surface area (Å²) in [5, 5.41) is 8.12. The van der Waals surface area contributed by atoms with Crippen LogP contribution in [0.5, 0.6) is 5.75 Å². The van der Waals surface area contributed by atoms with E-state index >= 15 is 35.9 Å². The summed E-state index contributed by atoms with van der Waals surface area (Å²) in [4.78, 5) is 34.0. The summed E-state index contributed by atoms with van der Waals surface area (Å²) in [6.45, 7) is -11.0. The molecule has 0 amide bonds. The fourth-order valence-electron chi connectivity index (χ4n) is 13.2. The van der Waals surface area contributed by atoms with Gasteiger partial charge in [-0.05, 0) is 0 Å². The van der Waals surface area contributed by atoms with E-state index < -0.39 is 74.1 Å². The monoisotopic (exact) mass is 1230 g/mol. The number of ketones is 2.